The Morgan fingerprint density at radius 3 is 2.80 bits per heavy atom. The Balaban J connectivity index is 2.15. The highest BCUT2D eigenvalue weighted by molar-refractivity contribution is 6.29. The summed E-state index contributed by atoms with van der Waals surface area (Å²) < 4.78 is 10.4. The van der Waals surface area contributed by atoms with Gasteiger partial charge in [0.2, 0.25) is 0 Å². The normalized spacial score (nSPS) is 10.3. The molecule has 1 amide bonds. The van der Waals surface area contributed by atoms with Gasteiger partial charge in [0.1, 0.15) is 5.75 Å². The number of benzene rings is 1. The predicted octanol–water partition coefficient (Wildman–Crippen LogP) is 3.08. The Bertz CT molecular complexity index is 609. The second kappa shape index (κ2) is 6.45. The number of carbonyl (C=O) groups excluding carboxylic acids is 1. The number of nitrogens with one attached hydrogen (secondary N) is 1. The average molecular weight is 296 g/mol. The van der Waals surface area contributed by atoms with Crippen LogP contribution in [0.4, 0.5) is 5.69 Å². The number of aliphatic hydroxyl groups is 1. The van der Waals surface area contributed by atoms with E-state index >= 15 is 0 Å². The molecule has 0 radical (unpaired) electrons. The monoisotopic (exact) mass is 295 g/mol. The van der Waals surface area contributed by atoms with Crippen molar-refractivity contribution in [2.24, 2.45) is 0 Å². The number of hydrogen-bond donors (Lipinski definition) is 2. The summed E-state index contributed by atoms with van der Waals surface area (Å²) in [6.07, 6.45) is 0. The number of furan rings is 1. The van der Waals surface area contributed by atoms with Gasteiger partial charge in [-0.15, -0.1) is 0 Å². The van der Waals surface area contributed by atoms with Crippen molar-refractivity contribution < 1.29 is 19.1 Å². The molecule has 1 aromatic carbocycles. The van der Waals surface area contributed by atoms with Gasteiger partial charge in [0.15, 0.2) is 11.0 Å². The van der Waals surface area contributed by atoms with Crippen molar-refractivity contribution in [1.29, 1.82) is 0 Å². The van der Waals surface area contributed by atoms with Crippen LogP contribution in [0.5, 0.6) is 5.75 Å². The molecule has 6 heteroatoms. The number of anilines is 1. The molecule has 0 aliphatic carbocycles. The van der Waals surface area contributed by atoms with Crippen molar-refractivity contribution in [3.05, 3.63) is 46.9 Å². The summed E-state index contributed by atoms with van der Waals surface area (Å²) in [6, 6.07) is 8.01. The fraction of sp³-hybridized carbons (Fsp3) is 0.214. The molecule has 1 heterocycles. The molecule has 20 heavy (non-hydrogen) atoms. The lowest BCUT2D eigenvalue weighted by Gasteiger charge is -2.10. The lowest BCUT2D eigenvalue weighted by atomic mass is 10.2. The second-order valence-corrected chi connectivity index (χ2v) is 4.34. The molecule has 0 atom stereocenters. The first-order valence-electron chi connectivity index (χ1n) is 6.07. The fourth-order valence-corrected chi connectivity index (χ4v) is 1.85. The van der Waals surface area contributed by atoms with E-state index in [0.29, 0.717) is 23.6 Å². The molecule has 0 unspecified atom stereocenters. The minimum Gasteiger partial charge on any atom is -0.494 e. The molecule has 2 N–H and O–H groups in total. The molecule has 106 valence electrons. The highest BCUT2D eigenvalue weighted by Crippen LogP contribution is 2.23. The van der Waals surface area contributed by atoms with Crippen LogP contribution in [-0.4, -0.2) is 17.6 Å². The van der Waals surface area contributed by atoms with E-state index in [-0.39, 0.29) is 17.6 Å². The third-order valence-electron chi connectivity index (χ3n) is 2.59. The highest BCUT2D eigenvalue weighted by Gasteiger charge is 2.12. The summed E-state index contributed by atoms with van der Waals surface area (Å²) >= 11 is 5.61. The molecule has 0 aliphatic rings. The van der Waals surface area contributed by atoms with Gasteiger partial charge in [-0.05, 0) is 48.9 Å². The van der Waals surface area contributed by atoms with E-state index in [1.165, 1.54) is 12.1 Å². The summed E-state index contributed by atoms with van der Waals surface area (Å²) in [7, 11) is 0. The molecule has 0 spiro atoms. The number of carbonyl (C=O) groups is 1. The lowest BCUT2D eigenvalue weighted by Crippen LogP contribution is -2.11. The topological polar surface area (TPSA) is 71.7 Å². The van der Waals surface area contributed by atoms with E-state index in [9.17, 15) is 9.90 Å². The van der Waals surface area contributed by atoms with Gasteiger partial charge in [0.25, 0.3) is 5.91 Å². The van der Waals surface area contributed by atoms with Crippen LogP contribution in [0.1, 0.15) is 23.0 Å². The lowest BCUT2D eigenvalue weighted by molar-refractivity contribution is 0.0996. The molecule has 1 aromatic heterocycles. The number of amides is 1. The van der Waals surface area contributed by atoms with Crippen LogP contribution in [0.2, 0.25) is 5.22 Å². The molecule has 5 nitrogen and oxygen atoms in total. The third-order valence-corrected chi connectivity index (χ3v) is 2.79. The van der Waals surface area contributed by atoms with E-state index in [0.717, 1.165) is 0 Å². The average Bonchev–Trinajstić information content (AvgIpc) is 2.87. The first-order chi connectivity index (χ1) is 9.63. The predicted molar refractivity (Wildman–Crippen MR) is 75.2 cm³/mol. The Morgan fingerprint density at radius 2 is 2.20 bits per heavy atom. The highest BCUT2D eigenvalue weighted by atomic mass is 35.5. The molecule has 0 bridgehead atoms. The molecular formula is C14H14ClNO4. The van der Waals surface area contributed by atoms with Gasteiger partial charge in [0, 0.05) is 11.3 Å². The van der Waals surface area contributed by atoms with Crippen molar-refractivity contribution >= 4 is 23.2 Å². The maximum absolute atomic E-state index is 11.9. The van der Waals surface area contributed by atoms with Gasteiger partial charge in [-0.2, -0.15) is 0 Å². The summed E-state index contributed by atoms with van der Waals surface area (Å²) in [5, 5.41) is 12.1. The van der Waals surface area contributed by atoms with E-state index < -0.39 is 5.91 Å². The largest absolute Gasteiger partial charge is 0.494 e. The van der Waals surface area contributed by atoms with Crippen molar-refractivity contribution in [3.8, 4) is 5.75 Å². The minimum absolute atomic E-state index is 0.120. The van der Waals surface area contributed by atoms with Crippen LogP contribution < -0.4 is 10.1 Å². The Hall–Kier alpha value is -1.98. The molecular weight excluding hydrogens is 282 g/mol. The van der Waals surface area contributed by atoms with E-state index in [4.69, 9.17) is 20.8 Å². The number of ether oxygens (including phenoxy) is 1. The zero-order valence-corrected chi connectivity index (χ0v) is 11.6. The van der Waals surface area contributed by atoms with Gasteiger partial charge < -0.3 is 19.6 Å². The molecule has 0 saturated carbocycles. The maximum Gasteiger partial charge on any atom is 0.291 e. The number of halogens is 1. The van der Waals surface area contributed by atoms with Gasteiger partial charge in [0.05, 0.1) is 13.2 Å². The molecule has 2 aromatic rings. The third kappa shape index (κ3) is 3.31. The zero-order valence-electron chi connectivity index (χ0n) is 10.9. The van der Waals surface area contributed by atoms with E-state index in [1.807, 2.05) is 6.92 Å². The van der Waals surface area contributed by atoms with E-state index in [2.05, 4.69) is 5.32 Å². The Morgan fingerprint density at radius 1 is 1.40 bits per heavy atom. The zero-order chi connectivity index (χ0) is 14.5. The van der Waals surface area contributed by atoms with Crippen LogP contribution in [0.15, 0.2) is 34.7 Å². The van der Waals surface area contributed by atoms with Crippen LogP contribution in [0.3, 0.4) is 0 Å². The van der Waals surface area contributed by atoms with E-state index in [1.54, 1.807) is 18.2 Å². The Kier molecular flexibility index (Phi) is 4.65. The van der Waals surface area contributed by atoms with Crippen LogP contribution in [0, 0.1) is 0 Å². The molecule has 0 fully saturated rings. The van der Waals surface area contributed by atoms with Crippen molar-refractivity contribution in [3.63, 3.8) is 0 Å². The van der Waals surface area contributed by atoms with Crippen LogP contribution >= 0.6 is 11.6 Å². The summed E-state index contributed by atoms with van der Waals surface area (Å²) in [4.78, 5) is 11.9. The SMILES string of the molecule is CCOc1ccc(NC(=O)c2ccc(Cl)o2)cc1CO. The Labute approximate surface area is 121 Å². The number of hydrogen-bond acceptors (Lipinski definition) is 4. The maximum atomic E-state index is 11.9. The van der Waals surface area contributed by atoms with Crippen molar-refractivity contribution in [2.75, 3.05) is 11.9 Å². The summed E-state index contributed by atoms with van der Waals surface area (Å²) in [5.41, 5.74) is 1.14. The van der Waals surface area contributed by atoms with Crippen molar-refractivity contribution in [1.82, 2.24) is 0 Å². The van der Waals surface area contributed by atoms with Gasteiger partial charge >= 0.3 is 0 Å². The molecule has 0 aliphatic heterocycles. The fourth-order valence-electron chi connectivity index (χ4n) is 1.71. The van der Waals surface area contributed by atoms with Crippen LogP contribution in [-0.2, 0) is 6.61 Å². The van der Waals surface area contributed by atoms with Gasteiger partial charge in [-0.25, -0.2) is 0 Å². The summed E-state index contributed by atoms with van der Waals surface area (Å²) in [5.74, 6) is 0.299. The quantitative estimate of drug-likeness (QED) is 0.889. The molecule has 2 rings (SSSR count). The smallest absolute Gasteiger partial charge is 0.291 e. The second-order valence-electron chi connectivity index (χ2n) is 3.97. The molecule has 0 saturated heterocycles. The number of rotatable bonds is 5. The summed E-state index contributed by atoms with van der Waals surface area (Å²) in [6.45, 7) is 2.19. The van der Waals surface area contributed by atoms with Gasteiger partial charge in [-0.3, -0.25) is 4.79 Å². The minimum atomic E-state index is -0.412. The van der Waals surface area contributed by atoms with Crippen LogP contribution in [0.25, 0.3) is 0 Å². The van der Waals surface area contributed by atoms with Crippen molar-refractivity contribution in [2.45, 2.75) is 13.5 Å². The number of aliphatic hydroxyl groups excluding tert-OH is 1. The van der Waals surface area contributed by atoms with Gasteiger partial charge in [-0.1, -0.05) is 0 Å². The first kappa shape index (κ1) is 14.4. The first-order valence-corrected chi connectivity index (χ1v) is 6.45. The standard InChI is InChI=1S/C14H14ClNO4/c1-2-19-11-4-3-10(7-9(11)8-17)16-14(18)12-5-6-13(15)20-12/h3-7,17H,2,8H2,1H3,(H,16,18).